The van der Waals surface area contributed by atoms with Crippen LogP contribution in [0.1, 0.15) is 32.3 Å². The molecule has 3 nitrogen and oxygen atoms in total. The fourth-order valence-electron chi connectivity index (χ4n) is 1.53. The fourth-order valence-corrected chi connectivity index (χ4v) is 1.53. The largest absolute Gasteiger partial charge is 0.508 e. The molecule has 0 aliphatic heterocycles. The number of aromatic hydroxyl groups is 1. The predicted molar refractivity (Wildman–Crippen MR) is 58.0 cm³/mol. The lowest BCUT2D eigenvalue weighted by Gasteiger charge is -2.09. The van der Waals surface area contributed by atoms with Crippen LogP contribution in [0.3, 0.4) is 0 Å². The van der Waals surface area contributed by atoms with E-state index in [1.165, 1.54) is 12.1 Å². The van der Waals surface area contributed by atoms with Crippen LogP contribution in [0.4, 0.5) is 0 Å². The maximum absolute atomic E-state index is 10.9. The van der Waals surface area contributed by atoms with E-state index in [0.717, 1.165) is 5.56 Å². The van der Waals surface area contributed by atoms with E-state index < -0.39 is 11.4 Å². The molecule has 1 aromatic rings. The van der Waals surface area contributed by atoms with E-state index in [2.05, 4.69) is 0 Å². The highest BCUT2D eigenvalue weighted by Gasteiger charge is 2.51. The molecule has 0 aromatic heterocycles. The van der Waals surface area contributed by atoms with Crippen LogP contribution in [-0.2, 0) is 10.2 Å². The summed E-state index contributed by atoms with van der Waals surface area (Å²) in [6, 6.07) is 6.41. The molecule has 0 amide bonds. The van der Waals surface area contributed by atoms with E-state index in [1.54, 1.807) is 12.1 Å². The van der Waals surface area contributed by atoms with E-state index in [1.807, 2.05) is 13.8 Å². The van der Waals surface area contributed by atoms with Crippen LogP contribution in [0.5, 0.6) is 5.75 Å². The van der Waals surface area contributed by atoms with Gasteiger partial charge in [-0.2, -0.15) is 0 Å². The van der Waals surface area contributed by atoms with Gasteiger partial charge in [-0.25, -0.2) is 0 Å². The van der Waals surface area contributed by atoms with Crippen LogP contribution >= 0.6 is 0 Å². The summed E-state index contributed by atoms with van der Waals surface area (Å²) in [6.45, 7) is 4.00. The molecule has 15 heavy (non-hydrogen) atoms. The van der Waals surface area contributed by atoms with Gasteiger partial charge in [0.2, 0.25) is 0 Å². The Labute approximate surface area is 89.4 Å². The van der Waals surface area contributed by atoms with Crippen molar-refractivity contribution in [1.82, 2.24) is 0 Å². The molecule has 2 N–H and O–H groups in total. The smallest absolute Gasteiger partial charge is 0.314 e. The molecule has 0 atom stereocenters. The van der Waals surface area contributed by atoms with Crippen molar-refractivity contribution >= 4 is 5.97 Å². The topological polar surface area (TPSA) is 57.5 Å². The zero-order chi connectivity index (χ0) is 11.5. The number of carboxylic acid groups (broad SMARTS) is 1. The van der Waals surface area contributed by atoms with E-state index in [9.17, 15) is 4.79 Å². The molecule has 0 heterocycles. The van der Waals surface area contributed by atoms with Crippen LogP contribution in [0.25, 0.3) is 0 Å². The molecule has 82 valence electrons. The highest BCUT2D eigenvalue weighted by atomic mass is 16.4. The SMILES string of the molecule is CC.O=C(O)C1(c2ccc(O)cc2)CC1. The number of benzene rings is 1. The first-order valence-electron chi connectivity index (χ1n) is 5.18. The summed E-state index contributed by atoms with van der Waals surface area (Å²) in [4.78, 5) is 10.9. The van der Waals surface area contributed by atoms with Crippen molar-refractivity contribution in [1.29, 1.82) is 0 Å². The molecule has 0 spiro atoms. The first-order chi connectivity index (χ1) is 7.15. The summed E-state index contributed by atoms with van der Waals surface area (Å²) >= 11 is 0. The average Bonchev–Trinajstić information content (AvgIpc) is 3.03. The molecular weight excluding hydrogens is 192 g/mol. The summed E-state index contributed by atoms with van der Waals surface area (Å²) in [5, 5.41) is 18.0. The van der Waals surface area contributed by atoms with Gasteiger partial charge in [-0.05, 0) is 30.5 Å². The maximum atomic E-state index is 10.9. The van der Waals surface area contributed by atoms with Crippen molar-refractivity contribution in [3.8, 4) is 5.75 Å². The lowest BCUT2D eigenvalue weighted by atomic mass is 9.96. The lowest BCUT2D eigenvalue weighted by molar-refractivity contribution is -0.140. The van der Waals surface area contributed by atoms with E-state index in [4.69, 9.17) is 10.2 Å². The van der Waals surface area contributed by atoms with Gasteiger partial charge in [0.05, 0.1) is 5.41 Å². The number of aliphatic carboxylic acids is 1. The van der Waals surface area contributed by atoms with Crippen LogP contribution < -0.4 is 0 Å². The first kappa shape index (κ1) is 11.6. The van der Waals surface area contributed by atoms with Gasteiger partial charge in [-0.15, -0.1) is 0 Å². The van der Waals surface area contributed by atoms with E-state index in [-0.39, 0.29) is 5.75 Å². The van der Waals surface area contributed by atoms with Crippen molar-refractivity contribution in [2.24, 2.45) is 0 Å². The number of carbonyl (C=O) groups is 1. The van der Waals surface area contributed by atoms with Gasteiger partial charge in [0, 0.05) is 0 Å². The molecule has 1 fully saturated rings. The Morgan fingerprint density at radius 3 is 2.00 bits per heavy atom. The Morgan fingerprint density at radius 1 is 1.20 bits per heavy atom. The van der Waals surface area contributed by atoms with Crippen molar-refractivity contribution in [3.63, 3.8) is 0 Å². The predicted octanol–water partition coefficient (Wildman–Crippen LogP) is 2.53. The summed E-state index contributed by atoms with van der Waals surface area (Å²) in [5.74, 6) is -0.594. The van der Waals surface area contributed by atoms with Gasteiger partial charge in [0.1, 0.15) is 5.75 Å². The Hall–Kier alpha value is -1.51. The fraction of sp³-hybridized carbons (Fsp3) is 0.417. The maximum Gasteiger partial charge on any atom is 0.314 e. The monoisotopic (exact) mass is 208 g/mol. The highest BCUT2D eigenvalue weighted by molar-refractivity contribution is 5.84. The minimum absolute atomic E-state index is 0.171. The molecule has 2 rings (SSSR count). The van der Waals surface area contributed by atoms with Gasteiger partial charge in [0.25, 0.3) is 0 Å². The molecule has 1 aliphatic carbocycles. The quantitative estimate of drug-likeness (QED) is 0.785. The Balaban J connectivity index is 0.000000531. The van der Waals surface area contributed by atoms with E-state index in [0.29, 0.717) is 12.8 Å². The molecule has 3 heteroatoms. The average molecular weight is 208 g/mol. The summed E-state index contributed by atoms with van der Waals surface area (Å²) < 4.78 is 0. The second kappa shape index (κ2) is 4.34. The molecule has 0 bridgehead atoms. The van der Waals surface area contributed by atoms with Gasteiger partial charge in [-0.3, -0.25) is 4.79 Å². The number of hydrogen-bond donors (Lipinski definition) is 2. The zero-order valence-corrected chi connectivity index (χ0v) is 9.03. The summed E-state index contributed by atoms with van der Waals surface area (Å²) in [5.41, 5.74) is 0.131. The second-order valence-corrected chi connectivity index (χ2v) is 3.43. The number of phenols is 1. The molecule has 0 saturated heterocycles. The van der Waals surface area contributed by atoms with Crippen LogP contribution in [0.15, 0.2) is 24.3 Å². The Kier molecular flexibility index (Phi) is 3.35. The minimum atomic E-state index is -0.766. The van der Waals surface area contributed by atoms with Crippen LogP contribution in [-0.4, -0.2) is 16.2 Å². The lowest BCUT2D eigenvalue weighted by Crippen LogP contribution is -2.19. The molecule has 0 radical (unpaired) electrons. The highest BCUT2D eigenvalue weighted by Crippen LogP contribution is 2.48. The molecule has 1 saturated carbocycles. The molecule has 1 aromatic carbocycles. The first-order valence-corrected chi connectivity index (χ1v) is 5.18. The second-order valence-electron chi connectivity index (χ2n) is 3.43. The van der Waals surface area contributed by atoms with Crippen molar-refractivity contribution < 1.29 is 15.0 Å². The van der Waals surface area contributed by atoms with Crippen molar-refractivity contribution in [2.75, 3.05) is 0 Å². The third-order valence-corrected chi connectivity index (χ3v) is 2.58. The van der Waals surface area contributed by atoms with Gasteiger partial charge < -0.3 is 10.2 Å². The zero-order valence-electron chi connectivity index (χ0n) is 9.03. The van der Waals surface area contributed by atoms with Gasteiger partial charge in [0.15, 0.2) is 0 Å². The number of hydrogen-bond acceptors (Lipinski definition) is 2. The van der Waals surface area contributed by atoms with Crippen LogP contribution in [0.2, 0.25) is 0 Å². The van der Waals surface area contributed by atoms with Crippen molar-refractivity contribution in [2.45, 2.75) is 32.1 Å². The normalized spacial score (nSPS) is 16.1. The summed E-state index contributed by atoms with van der Waals surface area (Å²) in [6.07, 6.45) is 1.40. The van der Waals surface area contributed by atoms with Crippen molar-refractivity contribution in [3.05, 3.63) is 29.8 Å². The number of phenolic OH excluding ortho intramolecular Hbond substituents is 1. The molecule has 1 aliphatic rings. The number of rotatable bonds is 2. The standard InChI is InChI=1S/C10H10O3.C2H6/c11-8-3-1-7(2-4-8)10(5-6-10)9(12)13;1-2/h1-4,11H,5-6H2,(H,12,13);1-2H3. The molecular formula is C12H16O3. The third kappa shape index (κ3) is 2.12. The van der Waals surface area contributed by atoms with Crippen LogP contribution in [0, 0.1) is 0 Å². The Bertz CT molecular complexity index is 336. The number of carboxylic acids is 1. The molecule has 0 unspecified atom stereocenters. The Morgan fingerprint density at radius 2 is 1.67 bits per heavy atom. The minimum Gasteiger partial charge on any atom is -0.508 e. The van der Waals surface area contributed by atoms with Gasteiger partial charge >= 0.3 is 5.97 Å². The van der Waals surface area contributed by atoms with Gasteiger partial charge in [-0.1, -0.05) is 26.0 Å². The third-order valence-electron chi connectivity index (χ3n) is 2.58. The summed E-state index contributed by atoms with van der Waals surface area (Å²) in [7, 11) is 0. The van der Waals surface area contributed by atoms with E-state index >= 15 is 0 Å².